The lowest BCUT2D eigenvalue weighted by molar-refractivity contribution is -0.116. The molecule has 1 heterocycles. The molecule has 2 N–H and O–H groups in total. The summed E-state index contributed by atoms with van der Waals surface area (Å²) in [5, 5.41) is 12.1. The lowest BCUT2D eigenvalue weighted by atomic mass is 10.2. The van der Waals surface area contributed by atoms with Crippen molar-refractivity contribution in [3.63, 3.8) is 0 Å². The highest BCUT2D eigenvalue weighted by Gasteiger charge is 2.11. The Morgan fingerprint density at radius 2 is 2.00 bits per heavy atom. The number of halogens is 2. The number of amides is 1. The van der Waals surface area contributed by atoms with Crippen molar-refractivity contribution < 1.29 is 23.1 Å². The van der Waals surface area contributed by atoms with Crippen LogP contribution in [0.4, 0.5) is 8.78 Å². The van der Waals surface area contributed by atoms with Crippen molar-refractivity contribution in [1.29, 1.82) is 0 Å². The molecule has 110 valence electrons. The third-order valence-corrected chi connectivity index (χ3v) is 2.74. The van der Waals surface area contributed by atoms with Crippen LogP contribution in [0.1, 0.15) is 17.4 Å². The Balaban J connectivity index is 1.91. The van der Waals surface area contributed by atoms with Crippen LogP contribution in [-0.4, -0.2) is 17.6 Å². The smallest absolute Gasteiger partial charge is 0.244 e. The SMILES string of the molecule is O=C(/C=C/c1c(F)cccc1F)NCC(O)c1ccco1. The monoisotopic (exact) mass is 293 g/mol. The van der Waals surface area contributed by atoms with Crippen molar-refractivity contribution in [2.45, 2.75) is 6.10 Å². The summed E-state index contributed by atoms with van der Waals surface area (Å²) in [5.74, 6) is -1.77. The maximum Gasteiger partial charge on any atom is 0.244 e. The largest absolute Gasteiger partial charge is 0.467 e. The molecule has 2 aromatic rings. The number of benzene rings is 1. The van der Waals surface area contributed by atoms with E-state index in [1.807, 2.05) is 0 Å². The van der Waals surface area contributed by atoms with Crippen LogP contribution >= 0.6 is 0 Å². The van der Waals surface area contributed by atoms with Crippen LogP contribution in [0.25, 0.3) is 6.08 Å². The van der Waals surface area contributed by atoms with Gasteiger partial charge in [0.2, 0.25) is 5.91 Å². The Bertz CT molecular complexity index is 618. The van der Waals surface area contributed by atoms with Crippen molar-refractivity contribution in [3.05, 3.63) is 65.6 Å². The van der Waals surface area contributed by atoms with Gasteiger partial charge >= 0.3 is 0 Å². The fourth-order valence-electron chi connectivity index (χ4n) is 1.67. The highest BCUT2D eigenvalue weighted by Crippen LogP contribution is 2.14. The zero-order valence-electron chi connectivity index (χ0n) is 10.9. The standard InChI is InChI=1S/C15H13F2NO3/c16-11-3-1-4-12(17)10(11)6-7-15(20)18-9-13(19)14-5-2-8-21-14/h1-8,13,19H,9H2,(H,18,20)/b7-6+. The average molecular weight is 293 g/mol. The summed E-state index contributed by atoms with van der Waals surface area (Å²) in [4.78, 5) is 11.5. The molecular weight excluding hydrogens is 280 g/mol. The second kappa shape index (κ2) is 6.81. The normalized spacial score (nSPS) is 12.5. The number of hydrogen-bond donors (Lipinski definition) is 2. The molecule has 2 rings (SSSR count). The van der Waals surface area contributed by atoms with Gasteiger partial charge in [-0.25, -0.2) is 8.78 Å². The summed E-state index contributed by atoms with van der Waals surface area (Å²) in [7, 11) is 0. The summed E-state index contributed by atoms with van der Waals surface area (Å²) in [6.45, 7) is -0.0730. The number of aliphatic hydroxyl groups excluding tert-OH is 1. The highest BCUT2D eigenvalue weighted by molar-refractivity contribution is 5.91. The van der Waals surface area contributed by atoms with Crippen molar-refractivity contribution >= 4 is 12.0 Å². The highest BCUT2D eigenvalue weighted by atomic mass is 19.1. The molecule has 0 saturated carbocycles. The molecule has 0 fully saturated rings. The summed E-state index contributed by atoms with van der Waals surface area (Å²) in [6.07, 6.45) is 2.46. The first kappa shape index (κ1) is 14.9. The quantitative estimate of drug-likeness (QED) is 0.832. The van der Waals surface area contributed by atoms with Crippen molar-refractivity contribution in [2.24, 2.45) is 0 Å². The molecule has 1 aromatic carbocycles. The first-order chi connectivity index (χ1) is 10.1. The average Bonchev–Trinajstić information content (AvgIpc) is 2.98. The molecule has 0 spiro atoms. The second-order valence-corrected chi connectivity index (χ2v) is 4.25. The predicted octanol–water partition coefficient (Wildman–Crippen LogP) is 2.42. The molecule has 1 amide bonds. The van der Waals surface area contributed by atoms with Gasteiger partial charge in [0.15, 0.2) is 0 Å². The van der Waals surface area contributed by atoms with Crippen LogP contribution in [0, 0.1) is 11.6 Å². The number of nitrogens with one attached hydrogen (secondary N) is 1. The van der Waals surface area contributed by atoms with Crippen LogP contribution in [0.3, 0.4) is 0 Å². The third-order valence-electron chi connectivity index (χ3n) is 2.74. The second-order valence-electron chi connectivity index (χ2n) is 4.25. The van der Waals surface area contributed by atoms with Gasteiger partial charge in [0, 0.05) is 11.6 Å². The summed E-state index contributed by atoms with van der Waals surface area (Å²) in [5.41, 5.74) is -0.292. The van der Waals surface area contributed by atoms with Crippen molar-refractivity contribution in [2.75, 3.05) is 6.54 Å². The van der Waals surface area contributed by atoms with Crippen LogP contribution in [0.5, 0.6) is 0 Å². The van der Waals surface area contributed by atoms with E-state index in [4.69, 9.17) is 4.42 Å². The molecule has 0 bridgehead atoms. The number of furan rings is 1. The summed E-state index contributed by atoms with van der Waals surface area (Å²) >= 11 is 0. The fourth-order valence-corrected chi connectivity index (χ4v) is 1.67. The Morgan fingerprint density at radius 3 is 2.62 bits per heavy atom. The van der Waals surface area contributed by atoms with Gasteiger partial charge in [-0.1, -0.05) is 6.07 Å². The van der Waals surface area contributed by atoms with Gasteiger partial charge in [-0.2, -0.15) is 0 Å². The number of carbonyl (C=O) groups excluding carboxylic acids is 1. The van der Waals surface area contributed by atoms with E-state index in [1.54, 1.807) is 12.1 Å². The summed E-state index contributed by atoms with van der Waals surface area (Å²) in [6, 6.07) is 6.62. The predicted molar refractivity (Wildman–Crippen MR) is 72.1 cm³/mol. The zero-order chi connectivity index (χ0) is 15.2. The van der Waals surface area contributed by atoms with Gasteiger partial charge in [0.05, 0.1) is 12.8 Å². The molecule has 0 radical (unpaired) electrons. The molecule has 1 aromatic heterocycles. The minimum absolute atomic E-state index is 0.0730. The molecule has 21 heavy (non-hydrogen) atoms. The Kier molecular flexibility index (Phi) is 4.84. The van der Waals surface area contributed by atoms with E-state index in [-0.39, 0.29) is 12.1 Å². The van der Waals surface area contributed by atoms with E-state index in [0.717, 1.165) is 24.3 Å². The Morgan fingerprint density at radius 1 is 1.29 bits per heavy atom. The van der Waals surface area contributed by atoms with Gasteiger partial charge in [0.1, 0.15) is 23.5 Å². The molecule has 1 unspecified atom stereocenters. The van der Waals surface area contributed by atoms with Gasteiger partial charge in [-0.15, -0.1) is 0 Å². The van der Waals surface area contributed by atoms with E-state index in [9.17, 15) is 18.7 Å². The van der Waals surface area contributed by atoms with Crippen molar-refractivity contribution in [1.82, 2.24) is 5.32 Å². The molecular formula is C15H13F2NO3. The third kappa shape index (κ3) is 4.00. The molecule has 0 aliphatic rings. The minimum Gasteiger partial charge on any atom is -0.467 e. The topological polar surface area (TPSA) is 62.5 Å². The lowest BCUT2D eigenvalue weighted by Crippen LogP contribution is -2.26. The fraction of sp³-hybridized carbons (Fsp3) is 0.133. The van der Waals surface area contributed by atoms with Gasteiger partial charge in [-0.05, 0) is 30.3 Å². The maximum atomic E-state index is 13.3. The molecule has 4 nitrogen and oxygen atoms in total. The van der Waals surface area contributed by atoms with Gasteiger partial charge < -0.3 is 14.8 Å². The van der Waals surface area contributed by atoms with E-state index in [2.05, 4.69) is 5.32 Å². The van der Waals surface area contributed by atoms with E-state index in [0.29, 0.717) is 5.76 Å². The number of hydrogen-bond acceptors (Lipinski definition) is 3. The van der Waals surface area contributed by atoms with Crippen LogP contribution in [-0.2, 0) is 4.79 Å². The maximum absolute atomic E-state index is 13.3. The number of rotatable bonds is 5. The van der Waals surface area contributed by atoms with E-state index in [1.165, 1.54) is 12.3 Å². The molecule has 6 heteroatoms. The molecule has 1 atom stereocenters. The summed E-state index contributed by atoms with van der Waals surface area (Å²) < 4.78 is 31.6. The van der Waals surface area contributed by atoms with Crippen LogP contribution < -0.4 is 5.32 Å². The molecule has 0 saturated heterocycles. The Labute approximate surface area is 119 Å². The Hall–Kier alpha value is -2.47. The van der Waals surface area contributed by atoms with E-state index < -0.39 is 23.6 Å². The zero-order valence-corrected chi connectivity index (χ0v) is 10.9. The minimum atomic E-state index is -0.984. The van der Waals surface area contributed by atoms with Crippen LogP contribution in [0.2, 0.25) is 0 Å². The first-order valence-electron chi connectivity index (χ1n) is 6.19. The van der Waals surface area contributed by atoms with E-state index >= 15 is 0 Å². The lowest BCUT2D eigenvalue weighted by Gasteiger charge is -2.07. The number of aliphatic hydroxyl groups is 1. The molecule has 0 aliphatic carbocycles. The first-order valence-corrected chi connectivity index (χ1v) is 6.19. The molecule has 0 aliphatic heterocycles. The van der Waals surface area contributed by atoms with Crippen molar-refractivity contribution in [3.8, 4) is 0 Å². The van der Waals surface area contributed by atoms with Crippen LogP contribution in [0.15, 0.2) is 47.1 Å². The van der Waals surface area contributed by atoms with Gasteiger partial charge in [-0.3, -0.25) is 4.79 Å². The number of carbonyl (C=O) groups is 1. The van der Waals surface area contributed by atoms with Gasteiger partial charge in [0.25, 0.3) is 0 Å².